The fourth-order valence-corrected chi connectivity index (χ4v) is 3.28. The smallest absolute Gasteiger partial charge is 0.360 e. The van der Waals surface area contributed by atoms with E-state index in [1.54, 1.807) is 0 Å². The second-order valence-corrected chi connectivity index (χ2v) is 7.82. The Balaban J connectivity index is 2.37. The Morgan fingerprint density at radius 3 is 2.04 bits per heavy atom. The second-order valence-electron chi connectivity index (χ2n) is 7.82. The highest BCUT2D eigenvalue weighted by Crippen LogP contribution is 2.34. The molecule has 0 saturated carbocycles. The lowest BCUT2D eigenvalue weighted by Gasteiger charge is -2.46. The van der Waals surface area contributed by atoms with E-state index in [0.717, 1.165) is 25.1 Å². The van der Waals surface area contributed by atoms with Crippen molar-refractivity contribution in [3.05, 3.63) is 66.2 Å². The molecular weight excluding hydrogens is 322 g/mol. The van der Waals surface area contributed by atoms with Gasteiger partial charge in [-0.25, -0.2) is 0 Å². The Kier molecular flexibility index (Phi) is 7.24. The molecule has 3 heteroatoms. The Morgan fingerprint density at radius 2 is 1.50 bits per heavy atom. The Labute approximate surface area is 159 Å². The van der Waals surface area contributed by atoms with Gasteiger partial charge < -0.3 is 4.74 Å². The molecule has 1 unspecified atom stereocenters. The quantitative estimate of drug-likeness (QED) is 0.415. The third kappa shape index (κ3) is 5.33. The van der Waals surface area contributed by atoms with Gasteiger partial charge in [-0.3, -0.25) is 9.22 Å². The molecule has 0 fully saturated rings. The van der Waals surface area contributed by atoms with Crippen LogP contribution in [0.5, 0.6) is 5.75 Å². The third-order valence-electron chi connectivity index (χ3n) is 4.77. The number of hydrogen-bond donors (Lipinski definition) is 0. The van der Waals surface area contributed by atoms with E-state index >= 15 is 0 Å². The summed E-state index contributed by atoms with van der Waals surface area (Å²) >= 11 is 0. The molecule has 2 aromatic rings. The molecule has 0 aliphatic rings. The van der Waals surface area contributed by atoms with Crippen molar-refractivity contribution in [1.82, 2.24) is 0 Å². The first-order chi connectivity index (χ1) is 12.4. The molecule has 0 amide bonds. The summed E-state index contributed by atoms with van der Waals surface area (Å²) in [5.74, 6) is 0.714. The van der Waals surface area contributed by atoms with Gasteiger partial charge in [0.2, 0.25) is 0 Å². The number of hydrogen-bond acceptors (Lipinski definition) is 2. The lowest BCUT2D eigenvalue weighted by Crippen LogP contribution is -2.64. The van der Waals surface area contributed by atoms with Crippen molar-refractivity contribution in [3.8, 4) is 5.75 Å². The maximum absolute atomic E-state index is 6.58. The van der Waals surface area contributed by atoms with Crippen LogP contribution in [0.2, 0.25) is 0 Å². The maximum Gasteiger partial charge on any atom is 0.360 e. The van der Waals surface area contributed by atoms with Crippen LogP contribution in [0.25, 0.3) is 0 Å². The van der Waals surface area contributed by atoms with Crippen LogP contribution in [0.3, 0.4) is 0 Å². The standard InChI is InChI=1S/C23H34NO2/c1-6-25-23(18-17-20(2)3,26-22-15-11-8-12-16-22)24(4,5)19-21-13-9-7-10-14-21/h7-16,20H,6,17-19H2,1-5H3/q+1. The minimum Gasteiger partial charge on any atom is -0.417 e. The van der Waals surface area contributed by atoms with Gasteiger partial charge in [0.15, 0.2) is 0 Å². The van der Waals surface area contributed by atoms with E-state index in [0.29, 0.717) is 17.0 Å². The summed E-state index contributed by atoms with van der Waals surface area (Å²) in [5.41, 5.74) is 1.28. The number of quaternary nitrogens is 1. The fraction of sp³-hybridized carbons (Fsp3) is 0.478. The van der Waals surface area contributed by atoms with Crippen LogP contribution in [-0.4, -0.2) is 31.1 Å². The van der Waals surface area contributed by atoms with Crippen molar-refractivity contribution in [2.45, 2.75) is 46.1 Å². The molecule has 0 heterocycles. The van der Waals surface area contributed by atoms with Crippen molar-refractivity contribution in [2.24, 2.45) is 5.92 Å². The van der Waals surface area contributed by atoms with E-state index in [4.69, 9.17) is 9.47 Å². The normalized spacial score (nSPS) is 14.2. The molecule has 1 atom stereocenters. The largest absolute Gasteiger partial charge is 0.417 e. The van der Waals surface area contributed by atoms with E-state index in [-0.39, 0.29) is 0 Å². The summed E-state index contributed by atoms with van der Waals surface area (Å²) in [6, 6.07) is 20.6. The van der Waals surface area contributed by atoms with Crippen LogP contribution in [0.4, 0.5) is 0 Å². The summed E-state index contributed by atoms with van der Waals surface area (Å²) < 4.78 is 13.6. The number of benzene rings is 2. The van der Waals surface area contributed by atoms with Crippen LogP contribution in [-0.2, 0) is 11.3 Å². The first-order valence-corrected chi connectivity index (χ1v) is 9.63. The van der Waals surface area contributed by atoms with Gasteiger partial charge in [0.05, 0.1) is 27.1 Å². The highest BCUT2D eigenvalue weighted by molar-refractivity contribution is 5.21. The first-order valence-electron chi connectivity index (χ1n) is 9.63. The van der Waals surface area contributed by atoms with Crippen LogP contribution >= 0.6 is 0 Å². The van der Waals surface area contributed by atoms with Gasteiger partial charge in [-0.05, 0) is 31.4 Å². The fourth-order valence-electron chi connectivity index (χ4n) is 3.28. The lowest BCUT2D eigenvalue weighted by molar-refractivity contribution is -1.00. The highest BCUT2D eigenvalue weighted by atomic mass is 16.7. The Hall–Kier alpha value is -1.84. The molecule has 0 aliphatic heterocycles. The molecule has 0 radical (unpaired) electrons. The summed E-state index contributed by atoms with van der Waals surface area (Å²) in [6.45, 7) is 7.99. The van der Waals surface area contributed by atoms with E-state index < -0.39 is 5.91 Å². The predicted molar refractivity (Wildman–Crippen MR) is 108 cm³/mol. The molecule has 0 aliphatic carbocycles. The number of rotatable bonds is 10. The van der Waals surface area contributed by atoms with E-state index in [1.165, 1.54) is 5.56 Å². The topological polar surface area (TPSA) is 18.5 Å². The zero-order valence-corrected chi connectivity index (χ0v) is 16.9. The minimum absolute atomic E-state index is 0.589. The van der Waals surface area contributed by atoms with Gasteiger partial charge in [-0.1, -0.05) is 62.4 Å². The van der Waals surface area contributed by atoms with Gasteiger partial charge in [0.1, 0.15) is 12.3 Å². The molecular formula is C23H34NO2+. The van der Waals surface area contributed by atoms with E-state index in [2.05, 4.69) is 58.3 Å². The average molecular weight is 357 g/mol. The molecule has 26 heavy (non-hydrogen) atoms. The van der Waals surface area contributed by atoms with Gasteiger partial charge >= 0.3 is 5.91 Å². The van der Waals surface area contributed by atoms with Crippen LogP contribution < -0.4 is 4.74 Å². The zero-order chi connectivity index (χ0) is 19.0. The van der Waals surface area contributed by atoms with Gasteiger partial charge in [0.25, 0.3) is 0 Å². The lowest BCUT2D eigenvalue weighted by atomic mass is 10.0. The molecule has 0 N–H and O–H groups in total. The van der Waals surface area contributed by atoms with E-state index in [1.807, 2.05) is 37.3 Å². The molecule has 142 valence electrons. The van der Waals surface area contributed by atoms with Crippen LogP contribution in [0.1, 0.15) is 39.2 Å². The second kappa shape index (κ2) is 9.20. The summed E-state index contributed by atoms with van der Waals surface area (Å²) in [5, 5.41) is 0. The average Bonchev–Trinajstić information content (AvgIpc) is 2.61. The molecule has 3 nitrogen and oxygen atoms in total. The molecule has 0 spiro atoms. The Morgan fingerprint density at radius 1 is 0.923 bits per heavy atom. The summed E-state index contributed by atoms with van der Waals surface area (Å²) in [6.07, 6.45) is 1.89. The molecule has 0 saturated heterocycles. The highest BCUT2D eigenvalue weighted by Gasteiger charge is 2.49. The number of para-hydroxylation sites is 1. The summed E-state index contributed by atoms with van der Waals surface area (Å²) in [4.78, 5) is 0. The molecule has 2 aromatic carbocycles. The molecule has 2 rings (SSSR count). The van der Waals surface area contributed by atoms with Gasteiger partial charge in [0, 0.05) is 5.56 Å². The molecule has 0 aromatic heterocycles. The maximum atomic E-state index is 6.58. The third-order valence-corrected chi connectivity index (χ3v) is 4.77. The van der Waals surface area contributed by atoms with Crippen molar-refractivity contribution in [1.29, 1.82) is 0 Å². The van der Waals surface area contributed by atoms with Gasteiger partial charge in [-0.2, -0.15) is 0 Å². The monoisotopic (exact) mass is 356 g/mol. The zero-order valence-electron chi connectivity index (χ0n) is 16.9. The predicted octanol–water partition coefficient (Wildman–Crippen LogP) is 5.47. The van der Waals surface area contributed by atoms with Crippen molar-refractivity contribution >= 4 is 0 Å². The Bertz CT molecular complexity index is 640. The minimum atomic E-state index is -0.726. The van der Waals surface area contributed by atoms with Crippen molar-refractivity contribution in [3.63, 3.8) is 0 Å². The van der Waals surface area contributed by atoms with Gasteiger partial charge in [-0.15, -0.1) is 0 Å². The number of ether oxygens (including phenoxy) is 2. The molecule has 0 bridgehead atoms. The number of nitrogens with zero attached hydrogens (tertiary/aromatic N) is 1. The van der Waals surface area contributed by atoms with E-state index in [9.17, 15) is 0 Å². The first kappa shape index (κ1) is 20.5. The van der Waals surface area contributed by atoms with Crippen LogP contribution in [0, 0.1) is 5.92 Å². The van der Waals surface area contributed by atoms with Crippen molar-refractivity contribution < 1.29 is 14.0 Å². The summed E-state index contributed by atoms with van der Waals surface area (Å²) in [7, 11) is 4.40. The van der Waals surface area contributed by atoms with Crippen LogP contribution in [0.15, 0.2) is 60.7 Å². The van der Waals surface area contributed by atoms with Crippen molar-refractivity contribution in [2.75, 3.05) is 20.7 Å². The SMILES string of the molecule is CCOC(CCC(C)C)(Oc1ccccc1)[N+](C)(C)Cc1ccccc1.